The molecular formula is C10H12BrN3O. The van der Waals surface area contributed by atoms with E-state index in [1.165, 1.54) is 0 Å². The first-order chi connectivity index (χ1) is 7.29. The van der Waals surface area contributed by atoms with Gasteiger partial charge in [-0.2, -0.15) is 0 Å². The van der Waals surface area contributed by atoms with Crippen LogP contribution in [-0.4, -0.2) is 30.4 Å². The van der Waals surface area contributed by atoms with Crippen molar-refractivity contribution < 1.29 is 4.84 Å². The number of likely N-dealkylation sites (N-methyl/N-ethyl adjacent to an activating group) is 1. The Morgan fingerprint density at radius 2 is 2.47 bits per heavy atom. The minimum absolute atomic E-state index is 0.135. The van der Waals surface area contributed by atoms with E-state index >= 15 is 0 Å². The smallest absolute Gasteiger partial charge is 0.145 e. The highest BCUT2D eigenvalue weighted by Gasteiger charge is 2.21. The molecular weight excluding hydrogens is 258 g/mol. The SMILES string of the molecule is CNC[C@@H]1CC(c2ccc(Br)cn2)=NO1. The Hall–Kier alpha value is -0.940. The van der Waals surface area contributed by atoms with Crippen LogP contribution >= 0.6 is 15.9 Å². The molecule has 0 aromatic carbocycles. The van der Waals surface area contributed by atoms with Crippen molar-refractivity contribution in [2.24, 2.45) is 5.16 Å². The van der Waals surface area contributed by atoms with Crippen LogP contribution in [0.2, 0.25) is 0 Å². The Labute approximate surface area is 96.9 Å². The zero-order valence-electron chi connectivity index (χ0n) is 8.40. The van der Waals surface area contributed by atoms with Crippen LogP contribution in [0.3, 0.4) is 0 Å². The Bertz CT molecular complexity index is 363. The maximum atomic E-state index is 5.26. The fourth-order valence-electron chi connectivity index (χ4n) is 1.46. The molecule has 5 heteroatoms. The molecule has 0 saturated heterocycles. The van der Waals surface area contributed by atoms with Gasteiger partial charge in [0.1, 0.15) is 11.8 Å². The summed E-state index contributed by atoms with van der Waals surface area (Å²) in [6.45, 7) is 0.809. The maximum absolute atomic E-state index is 5.26. The van der Waals surface area contributed by atoms with Crippen molar-refractivity contribution in [2.45, 2.75) is 12.5 Å². The number of aromatic nitrogens is 1. The fourth-order valence-corrected chi connectivity index (χ4v) is 1.70. The molecule has 1 aliphatic heterocycles. The molecule has 0 aliphatic carbocycles. The molecule has 0 saturated carbocycles. The highest BCUT2D eigenvalue weighted by atomic mass is 79.9. The number of hydrogen-bond acceptors (Lipinski definition) is 4. The molecule has 2 rings (SSSR count). The standard InChI is InChI=1S/C10H12BrN3O/c1-12-6-8-4-10(14-15-8)9-3-2-7(11)5-13-9/h2-3,5,8,12H,4,6H2,1H3/t8-/m0/s1. The van der Waals surface area contributed by atoms with Gasteiger partial charge in [-0.25, -0.2) is 0 Å². The third kappa shape index (κ3) is 2.54. The minimum atomic E-state index is 0.135. The molecule has 1 aromatic heterocycles. The van der Waals surface area contributed by atoms with Gasteiger partial charge in [-0.05, 0) is 35.1 Å². The van der Waals surface area contributed by atoms with E-state index in [0.29, 0.717) is 0 Å². The lowest BCUT2D eigenvalue weighted by Crippen LogP contribution is -2.23. The summed E-state index contributed by atoms with van der Waals surface area (Å²) < 4.78 is 0.970. The number of pyridine rings is 1. The second-order valence-corrected chi connectivity index (χ2v) is 4.30. The molecule has 0 amide bonds. The summed E-state index contributed by atoms with van der Waals surface area (Å²) in [5.74, 6) is 0. The molecule has 0 radical (unpaired) electrons. The molecule has 15 heavy (non-hydrogen) atoms. The molecule has 1 N–H and O–H groups in total. The van der Waals surface area contributed by atoms with Gasteiger partial charge in [0.05, 0.1) is 5.69 Å². The lowest BCUT2D eigenvalue weighted by Gasteiger charge is -2.05. The van der Waals surface area contributed by atoms with E-state index < -0.39 is 0 Å². The van der Waals surface area contributed by atoms with Gasteiger partial charge in [-0.3, -0.25) is 4.98 Å². The van der Waals surface area contributed by atoms with Gasteiger partial charge in [0.2, 0.25) is 0 Å². The lowest BCUT2D eigenvalue weighted by molar-refractivity contribution is 0.0866. The van der Waals surface area contributed by atoms with Crippen molar-refractivity contribution in [1.82, 2.24) is 10.3 Å². The normalized spacial score (nSPS) is 19.9. The van der Waals surface area contributed by atoms with Gasteiger partial charge < -0.3 is 10.2 Å². The lowest BCUT2D eigenvalue weighted by atomic mass is 10.1. The topological polar surface area (TPSA) is 46.5 Å². The van der Waals surface area contributed by atoms with Crippen LogP contribution < -0.4 is 5.32 Å². The fraction of sp³-hybridized carbons (Fsp3) is 0.400. The number of nitrogens with one attached hydrogen (secondary N) is 1. The summed E-state index contributed by atoms with van der Waals surface area (Å²) in [7, 11) is 1.90. The van der Waals surface area contributed by atoms with Crippen LogP contribution in [0.15, 0.2) is 28.0 Å². The summed E-state index contributed by atoms with van der Waals surface area (Å²) in [5.41, 5.74) is 1.81. The first-order valence-corrected chi connectivity index (χ1v) is 5.58. The molecule has 0 bridgehead atoms. The van der Waals surface area contributed by atoms with Gasteiger partial charge in [-0.1, -0.05) is 5.16 Å². The highest BCUT2D eigenvalue weighted by Crippen LogP contribution is 2.16. The van der Waals surface area contributed by atoms with E-state index in [2.05, 4.69) is 31.4 Å². The van der Waals surface area contributed by atoms with E-state index in [-0.39, 0.29) is 6.10 Å². The van der Waals surface area contributed by atoms with Crippen molar-refractivity contribution in [2.75, 3.05) is 13.6 Å². The van der Waals surface area contributed by atoms with E-state index in [1.54, 1.807) is 6.20 Å². The number of hydrogen-bond donors (Lipinski definition) is 1. The van der Waals surface area contributed by atoms with E-state index in [1.807, 2.05) is 19.2 Å². The number of oxime groups is 1. The Morgan fingerprint density at radius 3 is 3.13 bits per heavy atom. The van der Waals surface area contributed by atoms with Gasteiger partial charge in [-0.15, -0.1) is 0 Å². The van der Waals surface area contributed by atoms with Gasteiger partial charge in [0, 0.05) is 23.6 Å². The van der Waals surface area contributed by atoms with Gasteiger partial charge in [0.15, 0.2) is 0 Å². The summed E-state index contributed by atoms with van der Waals surface area (Å²) in [5, 5.41) is 7.10. The molecule has 1 aliphatic rings. The summed E-state index contributed by atoms with van der Waals surface area (Å²) in [6.07, 6.45) is 2.72. The molecule has 0 fully saturated rings. The van der Waals surface area contributed by atoms with Gasteiger partial charge >= 0.3 is 0 Å². The molecule has 1 aromatic rings. The number of rotatable bonds is 3. The predicted molar refractivity (Wildman–Crippen MR) is 61.9 cm³/mol. The van der Waals surface area contributed by atoms with Crippen molar-refractivity contribution in [3.05, 3.63) is 28.5 Å². The largest absolute Gasteiger partial charge is 0.390 e. The van der Waals surface area contributed by atoms with Crippen molar-refractivity contribution in [3.63, 3.8) is 0 Å². The van der Waals surface area contributed by atoms with E-state index in [9.17, 15) is 0 Å². The van der Waals surface area contributed by atoms with Crippen LogP contribution in [0.5, 0.6) is 0 Å². The second kappa shape index (κ2) is 4.72. The first-order valence-electron chi connectivity index (χ1n) is 4.79. The average Bonchev–Trinajstić information content (AvgIpc) is 2.68. The van der Waals surface area contributed by atoms with Crippen molar-refractivity contribution in [1.29, 1.82) is 0 Å². The van der Waals surface area contributed by atoms with Crippen LogP contribution in [-0.2, 0) is 4.84 Å². The van der Waals surface area contributed by atoms with Crippen LogP contribution in [0.1, 0.15) is 12.1 Å². The quantitative estimate of drug-likeness (QED) is 0.906. The predicted octanol–water partition coefficient (Wildman–Crippen LogP) is 1.56. The molecule has 1 atom stereocenters. The average molecular weight is 270 g/mol. The molecule has 80 valence electrons. The van der Waals surface area contributed by atoms with Gasteiger partial charge in [0.25, 0.3) is 0 Å². The van der Waals surface area contributed by atoms with Crippen LogP contribution in [0.4, 0.5) is 0 Å². The molecule has 0 spiro atoms. The molecule has 2 heterocycles. The monoisotopic (exact) mass is 269 g/mol. The zero-order valence-corrected chi connectivity index (χ0v) is 9.99. The highest BCUT2D eigenvalue weighted by molar-refractivity contribution is 9.10. The Balaban J connectivity index is 2.04. The Kier molecular flexibility index (Phi) is 3.33. The van der Waals surface area contributed by atoms with Crippen LogP contribution in [0.25, 0.3) is 0 Å². The summed E-state index contributed by atoms with van der Waals surface area (Å²) in [6, 6.07) is 3.89. The zero-order chi connectivity index (χ0) is 10.7. The van der Waals surface area contributed by atoms with E-state index in [4.69, 9.17) is 4.84 Å². The third-order valence-electron chi connectivity index (χ3n) is 2.19. The molecule has 4 nitrogen and oxygen atoms in total. The maximum Gasteiger partial charge on any atom is 0.145 e. The van der Waals surface area contributed by atoms with E-state index in [0.717, 1.165) is 28.8 Å². The number of halogens is 1. The number of nitrogens with zero attached hydrogens (tertiary/aromatic N) is 2. The minimum Gasteiger partial charge on any atom is -0.390 e. The first kappa shape index (κ1) is 10.6. The van der Waals surface area contributed by atoms with Crippen molar-refractivity contribution in [3.8, 4) is 0 Å². The molecule has 0 unspecified atom stereocenters. The third-order valence-corrected chi connectivity index (χ3v) is 2.66. The Morgan fingerprint density at radius 1 is 1.60 bits per heavy atom. The van der Waals surface area contributed by atoms with Crippen molar-refractivity contribution >= 4 is 21.6 Å². The van der Waals surface area contributed by atoms with Crippen LogP contribution in [0, 0.1) is 0 Å². The second-order valence-electron chi connectivity index (χ2n) is 3.39. The summed E-state index contributed by atoms with van der Waals surface area (Å²) in [4.78, 5) is 9.54. The summed E-state index contributed by atoms with van der Waals surface area (Å²) >= 11 is 3.35.